The molecular weight excluding hydrogens is 316 g/mol. The minimum absolute atomic E-state index is 0.326. The molecule has 2 amide bonds. The van der Waals surface area contributed by atoms with Gasteiger partial charge in [-0.15, -0.1) is 0 Å². The molecule has 0 aliphatic heterocycles. The molecule has 5 nitrogen and oxygen atoms in total. The van der Waals surface area contributed by atoms with Crippen LogP contribution >= 0.6 is 11.6 Å². The first-order valence-corrected chi connectivity index (χ1v) is 7.36. The maximum atomic E-state index is 12.3. The highest BCUT2D eigenvalue weighted by Crippen LogP contribution is 2.25. The first-order chi connectivity index (χ1) is 11.0. The number of halogens is 1. The van der Waals surface area contributed by atoms with E-state index < -0.39 is 17.9 Å². The van der Waals surface area contributed by atoms with Crippen molar-refractivity contribution < 1.29 is 14.3 Å². The second kappa shape index (κ2) is 7.65. The highest BCUT2D eigenvalue weighted by Gasteiger charge is 2.20. The molecule has 0 saturated heterocycles. The maximum absolute atomic E-state index is 12.3. The molecule has 0 aromatic heterocycles. The summed E-state index contributed by atoms with van der Waals surface area (Å²) >= 11 is 5.93. The second-order valence-corrected chi connectivity index (χ2v) is 5.37. The molecule has 1 atom stereocenters. The van der Waals surface area contributed by atoms with Crippen LogP contribution in [0, 0.1) is 0 Å². The van der Waals surface area contributed by atoms with Crippen LogP contribution in [-0.4, -0.2) is 25.0 Å². The molecule has 0 fully saturated rings. The molecule has 2 aromatic carbocycles. The number of nitrogens with two attached hydrogens (primary N) is 1. The van der Waals surface area contributed by atoms with E-state index in [4.69, 9.17) is 22.1 Å². The van der Waals surface area contributed by atoms with Crippen LogP contribution in [0.1, 0.15) is 15.9 Å². The number of amides is 2. The fourth-order valence-corrected chi connectivity index (χ4v) is 2.31. The van der Waals surface area contributed by atoms with Gasteiger partial charge < -0.3 is 15.8 Å². The monoisotopic (exact) mass is 332 g/mol. The number of rotatable bonds is 6. The Morgan fingerprint density at radius 2 is 1.91 bits per heavy atom. The maximum Gasteiger partial charge on any atom is 0.252 e. The fraction of sp³-hybridized carbons (Fsp3) is 0.176. The highest BCUT2D eigenvalue weighted by atomic mass is 35.5. The van der Waals surface area contributed by atoms with Gasteiger partial charge in [-0.05, 0) is 23.8 Å². The summed E-state index contributed by atoms with van der Waals surface area (Å²) < 4.78 is 5.08. The van der Waals surface area contributed by atoms with E-state index in [0.717, 1.165) is 5.56 Å². The number of primary amides is 1. The average molecular weight is 333 g/mol. The third-order valence-electron chi connectivity index (χ3n) is 3.34. The molecule has 23 heavy (non-hydrogen) atoms. The summed E-state index contributed by atoms with van der Waals surface area (Å²) in [5.74, 6) is -0.624. The Morgan fingerprint density at radius 3 is 2.52 bits per heavy atom. The van der Waals surface area contributed by atoms with Crippen LogP contribution in [0.3, 0.4) is 0 Å². The van der Waals surface area contributed by atoms with Crippen molar-refractivity contribution in [2.75, 3.05) is 7.11 Å². The Kier molecular flexibility index (Phi) is 5.60. The number of ether oxygens (including phenoxy) is 1. The zero-order valence-corrected chi connectivity index (χ0v) is 13.3. The zero-order chi connectivity index (χ0) is 16.8. The van der Waals surface area contributed by atoms with E-state index in [9.17, 15) is 9.59 Å². The standard InChI is InChI=1S/C17H17ClN2O3/c1-23-15-10-12(7-8-13(15)18)17(22)20-14(16(19)21)9-11-5-3-2-4-6-11/h2-8,10,14H,9H2,1H3,(H2,19,21)(H,20,22). The number of carbonyl (C=O) groups excluding carboxylic acids is 2. The Hall–Kier alpha value is -2.53. The molecule has 2 aromatic rings. The Balaban J connectivity index is 2.13. The van der Waals surface area contributed by atoms with Gasteiger partial charge in [0.1, 0.15) is 11.8 Å². The molecule has 0 aliphatic rings. The van der Waals surface area contributed by atoms with Crippen molar-refractivity contribution in [3.8, 4) is 5.75 Å². The van der Waals surface area contributed by atoms with Crippen molar-refractivity contribution in [1.29, 1.82) is 0 Å². The van der Waals surface area contributed by atoms with Gasteiger partial charge in [-0.3, -0.25) is 9.59 Å². The molecule has 1 unspecified atom stereocenters. The first-order valence-electron chi connectivity index (χ1n) is 6.99. The predicted molar refractivity (Wildman–Crippen MR) is 88.6 cm³/mol. The average Bonchev–Trinajstić information content (AvgIpc) is 2.55. The number of nitrogens with one attached hydrogen (secondary N) is 1. The van der Waals surface area contributed by atoms with E-state index in [1.807, 2.05) is 30.3 Å². The first kappa shape index (κ1) is 16.8. The SMILES string of the molecule is COc1cc(C(=O)NC(Cc2ccccc2)C(N)=O)ccc1Cl. The molecule has 0 bridgehead atoms. The lowest BCUT2D eigenvalue weighted by atomic mass is 10.0. The topological polar surface area (TPSA) is 81.4 Å². The van der Waals surface area contributed by atoms with E-state index in [2.05, 4.69) is 5.32 Å². The summed E-state index contributed by atoms with van der Waals surface area (Å²) in [6.07, 6.45) is 0.326. The summed E-state index contributed by atoms with van der Waals surface area (Å²) in [6, 6.07) is 13.2. The third kappa shape index (κ3) is 4.47. The number of benzene rings is 2. The summed E-state index contributed by atoms with van der Waals surface area (Å²) in [6.45, 7) is 0. The zero-order valence-electron chi connectivity index (χ0n) is 12.6. The van der Waals surface area contributed by atoms with E-state index in [1.165, 1.54) is 13.2 Å². The molecule has 0 aliphatic carbocycles. The molecule has 2 rings (SSSR count). The van der Waals surface area contributed by atoms with Crippen molar-refractivity contribution in [3.63, 3.8) is 0 Å². The largest absolute Gasteiger partial charge is 0.495 e. The van der Waals surface area contributed by atoms with Crippen molar-refractivity contribution in [1.82, 2.24) is 5.32 Å². The number of methoxy groups -OCH3 is 1. The minimum atomic E-state index is -0.799. The van der Waals surface area contributed by atoms with Gasteiger partial charge in [0.15, 0.2) is 0 Å². The summed E-state index contributed by atoms with van der Waals surface area (Å²) in [5.41, 5.74) is 6.64. The van der Waals surface area contributed by atoms with E-state index in [-0.39, 0.29) is 0 Å². The van der Waals surface area contributed by atoms with Crippen molar-refractivity contribution in [2.45, 2.75) is 12.5 Å². The van der Waals surface area contributed by atoms with E-state index in [1.54, 1.807) is 12.1 Å². The quantitative estimate of drug-likeness (QED) is 0.850. The van der Waals surface area contributed by atoms with E-state index >= 15 is 0 Å². The van der Waals surface area contributed by atoms with Crippen LogP contribution in [0.5, 0.6) is 5.75 Å². The third-order valence-corrected chi connectivity index (χ3v) is 3.66. The van der Waals surface area contributed by atoms with Gasteiger partial charge in [0, 0.05) is 12.0 Å². The van der Waals surface area contributed by atoms with Gasteiger partial charge in [-0.1, -0.05) is 41.9 Å². The lowest BCUT2D eigenvalue weighted by molar-refractivity contribution is -0.119. The molecule has 0 heterocycles. The van der Waals surface area contributed by atoms with Crippen LogP contribution in [0.15, 0.2) is 48.5 Å². The molecule has 0 spiro atoms. The van der Waals surface area contributed by atoms with Crippen LogP contribution in [0.2, 0.25) is 5.02 Å². The van der Waals surface area contributed by atoms with Gasteiger partial charge in [-0.25, -0.2) is 0 Å². The van der Waals surface area contributed by atoms with Gasteiger partial charge in [0.05, 0.1) is 12.1 Å². The lowest BCUT2D eigenvalue weighted by Gasteiger charge is -2.16. The molecule has 0 radical (unpaired) electrons. The van der Waals surface area contributed by atoms with Crippen molar-refractivity contribution >= 4 is 23.4 Å². The molecule has 120 valence electrons. The van der Waals surface area contributed by atoms with E-state index in [0.29, 0.717) is 22.8 Å². The van der Waals surface area contributed by atoms with Crippen LogP contribution < -0.4 is 15.8 Å². The molecule has 0 saturated carbocycles. The van der Waals surface area contributed by atoms with Crippen molar-refractivity contribution in [3.05, 3.63) is 64.7 Å². The van der Waals surface area contributed by atoms with Crippen LogP contribution in [0.25, 0.3) is 0 Å². The van der Waals surface area contributed by atoms with Gasteiger partial charge in [0.2, 0.25) is 5.91 Å². The normalized spacial score (nSPS) is 11.6. The number of hydrogen-bond donors (Lipinski definition) is 2. The minimum Gasteiger partial charge on any atom is -0.495 e. The van der Waals surface area contributed by atoms with Crippen LogP contribution in [0.4, 0.5) is 0 Å². The van der Waals surface area contributed by atoms with Gasteiger partial charge >= 0.3 is 0 Å². The molecule has 6 heteroatoms. The number of carbonyl (C=O) groups is 2. The van der Waals surface area contributed by atoms with Crippen LogP contribution in [-0.2, 0) is 11.2 Å². The Morgan fingerprint density at radius 1 is 1.22 bits per heavy atom. The summed E-state index contributed by atoms with van der Waals surface area (Å²) in [4.78, 5) is 23.9. The fourth-order valence-electron chi connectivity index (χ4n) is 2.12. The second-order valence-electron chi connectivity index (χ2n) is 4.97. The smallest absolute Gasteiger partial charge is 0.252 e. The predicted octanol–water partition coefficient (Wildman–Crippen LogP) is 2.17. The van der Waals surface area contributed by atoms with Gasteiger partial charge in [0.25, 0.3) is 5.91 Å². The molecule has 3 N–H and O–H groups in total. The Labute approximate surface area is 139 Å². The summed E-state index contributed by atoms with van der Waals surface area (Å²) in [5, 5.41) is 3.04. The lowest BCUT2D eigenvalue weighted by Crippen LogP contribution is -2.45. The summed E-state index contributed by atoms with van der Waals surface area (Å²) in [7, 11) is 1.46. The van der Waals surface area contributed by atoms with Gasteiger partial charge in [-0.2, -0.15) is 0 Å². The number of hydrogen-bond acceptors (Lipinski definition) is 3. The van der Waals surface area contributed by atoms with Crippen molar-refractivity contribution in [2.24, 2.45) is 5.73 Å². The Bertz CT molecular complexity index is 704. The molecular formula is C17H17ClN2O3. The highest BCUT2D eigenvalue weighted by molar-refractivity contribution is 6.32.